The van der Waals surface area contributed by atoms with Crippen molar-refractivity contribution in [3.63, 3.8) is 0 Å². The molecule has 1 aliphatic heterocycles. The van der Waals surface area contributed by atoms with E-state index in [9.17, 15) is 0 Å². The number of piperidine rings is 1. The summed E-state index contributed by atoms with van der Waals surface area (Å²) in [5.41, 5.74) is 3.72. The lowest BCUT2D eigenvalue weighted by molar-refractivity contribution is 0.283. The van der Waals surface area contributed by atoms with E-state index in [1.807, 2.05) is 0 Å². The van der Waals surface area contributed by atoms with Gasteiger partial charge in [-0.2, -0.15) is 0 Å². The van der Waals surface area contributed by atoms with E-state index in [1.54, 1.807) is 0 Å². The molecule has 1 saturated heterocycles. The lowest BCUT2D eigenvalue weighted by Crippen LogP contribution is -2.40. The first kappa shape index (κ1) is 13.3. The highest BCUT2D eigenvalue weighted by Crippen LogP contribution is 2.20. The zero-order valence-corrected chi connectivity index (χ0v) is 12.3. The molecule has 98 valence electrons. The standard InChI is InChI=1S/C15H22N2S/c1-11-7-9-17(10-8-11)15(18)16-14-6-4-5-12(2)13(14)3/h4-6,11H,7-10H2,1-3H3,(H,16,18). The molecule has 0 atom stereocenters. The largest absolute Gasteiger partial charge is 0.349 e. The fraction of sp³-hybridized carbons (Fsp3) is 0.533. The second-order valence-electron chi connectivity index (χ2n) is 5.35. The average Bonchev–Trinajstić information content (AvgIpc) is 2.36. The molecule has 0 aliphatic carbocycles. The summed E-state index contributed by atoms with van der Waals surface area (Å²) in [6.45, 7) is 8.75. The molecule has 2 nitrogen and oxygen atoms in total. The van der Waals surface area contributed by atoms with Crippen molar-refractivity contribution >= 4 is 23.0 Å². The Morgan fingerprint density at radius 1 is 1.28 bits per heavy atom. The van der Waals surface area contributed by atoms with Crippen molar-refractivity contribution < 1.29 is 0 Å². The van der Waals surface area contributed by atoms with Crippen LogP contribution in [0.4, 0.5) is 5.69 Å². The van der Waals surface area contributed by atoms with Gasteiger partial charge in [-0.15, -0.1) is 0 Å². The van der Waals surface area contributed by atoms with Crippen molar-refractivity contribution in [1.82, 2.24) is 4.90 Å². The minimum atomic E-state index is 0.838. The number of likely N-dealkylation sites (tertiary alicyclic amines) is 1. The number of hydrogen-bond donors (Lipinski definition) is 1. The number of thiocarbonyl (C=S) groups is 1. The number of anilines is 1. The van der Waals surface area contributed by atoms with Crippen LogP contribution in [0.15, 0.2) is 18.2 Å². The number of hydrogen-bond acceptors (Lipinski definition) is 1. The molecule has 1 aliphatic rings. The van der Waals surface area contributed by atoms with Crippen molar-refractivity contribution in [3.05, 3.63) is 29.3 Å². The molecule has 0 spiro atoms. The summed E-state index contributed by atoms with van der Waals surface area (Å²) in [6.07, 6.45) is 2.49. The minimum Gasteiger partial charge on any atom is -0.349 e. The zero-order chi connectivity index (χ0) is 13.1. The quantitative estimate of drug-likeness (QED) is 0.776. The van der Waals surface area contributed by atoms with E-state index in [1.165, 1.54) is 24.0 Å². The van der Waals surface area contributed by atoms with Crippen LogP contribution < -0.4 is 5.32 Å². The van der Waals surface area contributed by atoms with E-state index in [0.717, 1.165) is 29.8 Å². The van der Waals surface area contributed by atoms with Gasteiger partial charge in [0.05, 0.1) is 0 Å². The molecular weight excluding hydrogens is 240 g/mol. The first-order valence-corrected chi connectivity index (χ1v) is 7.11. The molecule has 0 amide bonds. The number of nitrogens with one attached hydrogen (secondary N) is 1. The van der Waals surface area contributed by atoms with Gasteiger partial charge >= 0.3 is 0 Å². The highest BCUT2D eigenvalue weighted by molar-refractivity contribution is 7.80. The van der Waals surface area contributed by atoms with Gasteiger partial charge in [0.25, 0.3) is 0 Å². The second-order valence-corrected chi connectivity index (χ2v) is 5.73. The molecule has 0 unspecified atom stereocenters. The summed E-state index contributed by atoms with van der Waals surface area (Å²) in [5.74, 6) is 0.838. The summed E-state index contributed by atoms with van der Waals surface area (Å²) < 4.78 is 0. The first-order valence-electron chi connectivity index (χ1n) is 6.70. The molecule has 0 aromatic heterocycles. The molecule has 1 heterocycles. The van der Waals surface area contributed by atoms with Crippen LogP contribution in [-0.2, 0) is 0 Å². The van der Waals surface area contributed by atoms with Gasteiger partial charge in [-0.05, 0) is 62.0 Å². The first-order chi connectivity index (χ1) is 8.58. The Morgan fingerprint density at radius 3 is 2.61 bits per heavy atom. The molecule has 2 rings (SSSR count). The zero-order valence-electron chi connectivity index (χ0n) is 11.5. The highest BCUT2D eigenvalue weighted by Gasteiger charge is 2.18. The third kappa shape index (κ3) is 3.02. The van der Waals surface area contributed by atoms with Gasteiger partial charge in [0.1, 0.15) is 0 Å². The highest BCUT2D eigenvalue weighted by atomic mass is 32.1. The van der Waals surface area contributed by atoms with Crippen LogP contribution in [0.3, 0.4) is 0 Å². The SMILES string of the molecule is Cc1cccc(NC(=S)N2CCC(C)CC2)c1C. The Balaban J connectivity index is 2.01. The van der Waals surface area contributed by atoms with Crippen LogP contribution in [0.5, 0.6) is 0 Å². The summed E-state index contributed by atoms with van der Waals surface area (Å²) in [7, 11) is 0. The molecule has 0 saturated carbocycles. The predicted octanol–water partition coefficient (Wildman–Crippen LogP) is 3.73. The van der Waals surface area contributed by atoms with Crippen molar-refractivity contribution in [2.45, 2.75) is 33.6 Å². The Morgan fingerprint density at radius 2 is 1.94 bits per heavy atom. The summed E-state index contributed by atoms with van der Waals surface area (Å²) in [4.78, 5) is 2.29. The van der Waals surface area contributed by atoms with Gasteiger partial charge in [-0.25, -0.2) is 0 Å². The Hall–Kier alpha value is -1.09. The fourth-order valence-electron chi connectivity index (χ4n) is 2.29. The lowest BCUT2D eigenvalue weighted by Gasteiger charge is -2.32. The summed E-state index contributed by atoms with van der Waals surface area (Å²) in [5, 5.41) is 4.26. The van der Waals surface area contributed by atoms with Gasteiger partial charge in [0.2, 0.25) is 0 Å². The molecule has 0 radical (unpaired) electrons. The van der Waals surface area contributed by atoms with Crippen molar-refractivity contribution in [3.8, 4) is 0 Å². The van der Waals surface area contributed by atoms with Crippen LogP contribution in [0.25, 0.3) is 0 Å². The van der Waals surface area contributed by atoms with E-state index in [4.69, 9.17) is 12.2 Å². The maximum absolute atomic E-state index is 5.51. The maximum Gasteiger partial charge on any atom is 0.173 e. The predicted molar refractivity (Wildman–Crippen MR) is 82.1 cm³/mol. The smallest absolute Gasteiger partial charge is 0.173 e. The van der Waals surface area contributed by atoms with Crippen molar-refractivity contribution in [1.29, 1.82) is 0 Å². The van der Waals surface area contributed by atoms with E-state index in [-0.39, 0.29) is 0 Å². The topological polar surface area (TPSA) is 15.3 Å². The summed E-state index contributed by atoms with van der Waals surface area (Å²) >= 11 is 5.51. The van der Waals surface area contributed by atoms with Crippen LogP contribution in [0, 0.1) is 19.8 Å². The molecular formula is C15H22N2S. The maximum atomic E-state index is 5.51. The van der Waals surface area contributed by atoms with E-state index >= 15 is 0 Å². The number of rotatable bonds is 1. The van der Waals surface area contributed by atoms with E-state index in [2.05, 4.69) is 49.2 Å². The van der Waals surface area contributed by atoms with Gasteiger partial charge in [0, 0.05) is 18.8 Å². The third-order valence-electron chi connectivity index (χ3n) is 3.92. The number of nitrogens with zero attached hydrogens (tertiary/aromatic N) is 1. The Labute approximate surface area is 115 Å². The van der Waals surface area contributed by atoms with Gasteiger partial charge in [-0.3, -0.25) is 0 Å². The number of aryl methyl sites for hydroxylation is 1. The monoisotopic (exact) mass is 262 g/mol. The molecule has 0 bridgehead atoms. The van der Waals surface area contributed by atoms with Crippen molar-refractivity contribution in [2.24, 2.45) is 5.92 Å². The van der Waals surface area contributed by atoms with Crippen LogP contribution in [0.1, 0.15) is 30.9 Å². The molecule has 3 heteroatoms. The van der Waals surface area contributed by atoms with Gasteiger partial charge in [-0.1, -0.05) is 19.1 Å². The van der Waals surface area contributed by atoms with Crippen LogP contribution >= 0.6 is 12.2 Å². The molecule has 1 N–H and O–H groups in total. The van der Waals surface area contributed by atoms with Gasteiger partial charge in [0.15, 0.2) is 5.11 Å². The van der Waals surface area contributed by atoms with E-state index < -0.39 is 0 Å². The average molecular weight is 262 g/mol. The molecule has 1 aromatic carbocycles. The van der Waals surface area contributed by atoms with Crippen molar-refractivity contribution in [2.75, 3.05) is 18.4 Å². The molecule has 1 aromatic rings. The fourth-order valence-corrected chi connectivity index (χ4v) is 2.58. The minimum absolute atomic E-state index is 0.838. The van der Waals surface area contributed by atoms with Crippen LogP contribution in [0.2, 0.25) is 0 Å². The molecule has 1 fully saturated rings. The Kier molecular flexibility index (Phi) is 4.23. The Bertz CT molecular complexity index is 434. The molecule has 18 heavy (non-hydrogen) atoms. The van der Waals surface area contributed by atoms with Crippen LogP contribution in [-0.4, -0.2) is 23.1 Å². The summed E-state index contributed by atoms with van der Waals surface area (Å²) in [6, 6.07) is 6.30. The third-order valence-corrected chi connectivity index (χ3v) is 4.28. The number of benzene rings is 1. The second kappa shape index (κ2) is 5.70. The lowest BCUT2D eigenvalue weighted by atomic mass is 10.00. The van der Waals surface area contributed by atoms with E-state index in [0.29, 0.717) is 0 Å². The van der Waals surface area contributed by atoms with Gasteiger partial charge < -0.3 is 10.2 Å². The normalized spacial score (nSPS) is 16.7.